The smallest absolute Gasteiger partial charge is 0.310 e. The number of carbonyl (C=O) groups is 2. The highest BCUT2D eigenvalue weighted by Crippen LogP contribution is 2.25. The standard InChI is InChI=1S/C12H15NO5/c1-7-12(16)10(6-18-8(2)14)9(5-13-7)4-11(15)17-3/h5,16H,4,6H2,1-3H3. The van der Waals surface area contributed by atoms with E-state index < -0.39 is 11.9 Å². The predicted molar refractivity (Wildman–Crippen MR) is 61.8 cm³/mol. The van der Waals surface area contributed by atoms with E-state index in [4.69, 9.17) is 4.74 Å². The number of esters is 2. The molecule has 0 unspecified atom stereocenters. The summed E-state index contributed by atoms with van der Waals surface area (Å²) in [7, 11) is 1.27. The van der Waals surface area contributed by atoms with Gasteiger partial charge in [0.05, 0.1) is 19.2 Å². The molecule has 0 atom stereocenters. The van der Waals surface area contributed by atoms with Crippen LogP contribution in [0.5, 0.6) is 5.75 Å². The van der Waals surface area contributed by atoms with Gasteiger partial charge in [0.15, 0.2) is 0 Å². The molecular formula is C12H15NO5. The number of ether oxygens (including phenoxy) is 2. The first-order chi connectivity index (χ1) is 8.45. The summed E-state index contributed by atoms with van der Waals surface area (Å²) in [6.45, 7) is 2.79. The maximum Gasteiger partial charge on any atom is 0.310 e. The van der Waals surface area contributed by atoms with E-state index in [-0.39, 0.29) is 18.8 Å². The van der Waals surface area contributed by atoms with Crippen LogP contribution in [-0.4, -0.2) is 29.1 Å². The van der Waals surface area contributed by atoms with Crippen LogP contribution >= 0.6 is 0 Å². The second-order valence-electron chi connectivity index (χ2n) is 3.73. The van der Waals surface area contributed by atoms with E-state index in [0.29, 0.717) is 16.8 Å². The average molecular weight is 253 g/mol. The Bertz CT molecular complexity index is 470. The van der Waals surface area contributed by atoms with Crippen molar-refractivity contribution in [2.24, 2.45) is 0 Å². The third-order valence-electron chi connectivity index (χ3n) is 2.41. The molecule has 1 heterocycles. The Morgan fingerprint density at radius 1 is 1.44 bits per heavy atom. The van der Waals surface area contributed by atoms with Crippen molar-refractivity contribution in [2.45, 2.75) is 26.9 Å². The molecule has 0 aliphatic heterocycles. The molecule has 1 aromatic rings. The highest BCUT2D eigenvalue weighted by molar-refractivity contribution is 5.73. The normalized spacial score (nSPS) is 9.94. The number of aryl methyl sites for hydroxylation is 1. The Kier molecular flexibility index (Phi) is 4.65. The largest absolute Gasteiger partial charge is 0.506 e. The Balaban J connectivity index is 3.04. The van der Waals surface area contributed by atoms with E-state index in [9.17, 15) is 14.7 Å². The number of pyridine rings is 1. The van der Waals surface area contributed by atoms with Crippen LogP contribution in [0.1, 0.15) is 23.7 Å². The van der Waals surface area contributed by atoms with Crippen LogP contribution in [0.15, 0.2) is 6.20 Å². The number of rotatable bonds is 4. The van der Waals surface area contributed by atoms with E-state index in [1.165, 1.54) is 20.2 Å². The van der Waals surface area contributed by atoms with Crippen molar-refractivity contribution in [3.05, 3.63) is 23.0 Å². The molecule has 0 saturated carbocycles. The van der Waals surface area contributed by atoms with Crippen molar-refractivity contribution < 1.29 is 24.2 Å². The summed E-state index contributed by atoms with van der Waals surface area (Å²) in [4.78, 5) is 26.0. The molecular weight excluding hydrogens is 238 g/mol. The van der Waals surface area contributed by atoms with Crippen LogP contribution in [0.4, 0.5) is 0 Å². The van der Waals surface area contributed by atoms with E-state index in [0.717, 1.165) is 0 Å². The number of aromatic nitrogens is 1. The summed E-state index contributed by atoms with van der Waals surface area (Å²) in [5.41, 5.74) is 1.26. The molecule has 0 fully saturated rings. The monoisotopic (exact) mass is 253 g/mol. The Hall–Kier alpha value is -2.11. The Morgan fingerprint density at radius 2 is 2.11 bits per heavy atom. The van der Waals surface area contributed by atoms with Crippen molar-refractivity contribution in [2.75, 3.05) is 7.11 Å². The SMILES string of the molecule is COC(=O)Cc1cnc(C)c(O)c1COC(C)=O. The van der Waals surface area contributed by atoms with E-state index in [2.05, 4.69) is 9.72 Å². The fourth-order valence-electron chi connectivity index (χ4n) is 1.40. The molecule has 1 rings (SSSR count). The van der Waals surface area contributed by atoms with Gasteiger partial charge in [0.2, 0.25) is 0 Å². The highest BCUT2D eigenvalue weighted by Gasteiger charge is 2.15. The molecule has 0 spiro atoms. The van der Waals surface area contributed by atoms with Crippen LogP contribution in [0.3, 0.4) is 0 Å². The average Bonchev–Trinajstić information content (AvgIpc) is 2.32. The highest BCUT2D eigenvalue weighted by atomic mass is 16.5. The van der Waals surface area contributed by atoms with Crippen molar-refractivity contribution >= 4 is 11.9 Å². The third kappa shape index (κ3) is 3.44. The summed E-state index contributed by atoms with van der Waals surface area (Å²) >= 11 is 0. The first-order valence-corrected chi connectivity index (χ1v) is 5.32. The minimum atomic E-state index is -0.465. The Labute approximate surface area is 105 Å². The lowest BCUT2D eigenvalue weighted by Crippen LogP contribution is -2.10. The second-order valence-corrected chi connectivity index (χ2v) is 3.73. The maximum atomic E-state index is 11.2. The molecule has 1 N–H and O–H groups in total. The topological polar surface area (TPSA) is 85.7 Å². The van der Waals surface area contributed by atoms with Gasteiger partial charge in [-0.15, -0.1) is 0 Å². The fourth-order valence-corrected chi connectivity index (χ4v) is 1.40. The summed E-state index contributed by atoms with van der Waals surface area (Å²) in [6.07, 6.45) is 1.43. The van der Waals surface area contributed by atoms with E-state index >= 15 is 0 Å². The molecule has 0 aromatic carbocycles. The van der Waals surface area contributed by atoms with Crippen LogP contribution in [-0.2, 0) is 32.1 Å². The lowest BCUT2D eigenvalue weighted by Gasteiger charge is -2.12. The van der Waals surface area contributed by atoms with Crippen molar-refractivity contribution in [1.82, 2.24) is 4.98 Å². The molecule has 0 bridgehead atoms. The van der Waals surface area contributed by atoms with Crippen molar-refractivity contribution in [3.8, 4) is 5.75 Å². The molecule has 0 saturated heterocycles. The number of hydrogen-bond acceptors (Lipinski definition) is 6. The first kappa shape index (κ1) is 14.0. The molecule has 6 heteroatoms. The first-order valence-electron chi connectivity index (χ1n) is 5.32. The molecule has 6 nitrogen and oxygen atoms in total. The second kappa shape index (κ2) is 6.00. The quantitative estimate of drug-likeness (QED) is 0.801. The summed E-state index contributed by atoms with van der Waals surface area (Å²) in [5.74, 6) is -0.991. The van der Waals surface area contributed by atoms with Crippen molar-refractivity contribution in [3.63, 3.8) is 0 Å². The number of hydrogen-bond donors (Lipinski definition) is 1. The van der Waals surface area contributed by atoms with Crippen molar-refractivity contribution in [1.29, 1.82) is 0 Å². The lowest BCUT2D eigenvalue weighted by atomic mass is 10.1. The van der Waals surface area contributed by atoms with Gasteiger partial charge in [0, 0.05) is 18.7 Å². The zero-order chi connectivity index (χ0) is 13.7. The number of carbonyl (C=O) groups excluding carboxylic acids is 2. The fraction of sp³-hybridized carbons (Fsp3) is 0.417. The van der Waals surface area contributed by atoms with Gasteiger partial charge >= 0.3 is 11.9 Å². The van der Waals surface area contributed by atoms with Crippen LogP contribution in [0.25, 0.3) is 0 Å². The number of methoxy groups -OCH3 is 1. The minimum Gasteiger partial charge on any atom is -0.506 e. The van der Waals surface area contributed by atoms with Gasteiger partial charge in [-0.2, -0.15) is 0 Å². The van der Waals surface area contributed by atoms with E-state index in [1.807, 2.05) is 0 Å². The van der Waals surface area contributed by atoms with Gasteiger partial charge in [-0.1, -0.05) is 0 Å². The molecule has 0 amide bonds. The van der Waals surface area contributed by atoms with Crippen LogP contribution < -0.4 is 0 Å². The van der Waals surface area contributed by atoms with Gasteiger partial charge < -0.3 is 14.6 Å². The maximum absolute atomic E-state index is 11.2. The van der Waals surface area contributed by atoms with Gasteiger partial charge in [-0.25, -0.2) is 0 Å². The van der Waals surface area contributed by atoms with Gasteiger partial charge in [0.1, 0.15) is 12.4 Å². The summed E-state index contributed by atoms with van der Waals surface area (Å²) in [6, 6.07) is 0. The molecule has 0 radical (unpaired) electrons. The van der Waals surface area contributed by atoms with Crippen LogP contribution in [0.2, 0.25) is 0 Å². The van der Waals surface area contributed by atoms with E-state index in [1.54, 1.807) is 6.92 Å². The van der Waals surface area contributed by atoms with Gasteiger partial charge in [-0.3, -0.25) is 14.6 Å². The molecule has 1 aromatic heterocycles. The zero-order valence-corrected chi connectivity index (χ0v) is 10.5. The predicted octanol–water partition coefficient (Wildman–Crippen LogP) is 0.874. The third-order valence-corrected chi connectivity index (χ3v) is 2.41. The van der Waals surface area contributed by atoms with Gasteiger partial charge in [0.25, 0.3) is 0 Å². The van der Waals surface area contributed by atoms with Gasteiger partial charge in [-0.05, 0) is 12.5 Å². The molecule has 98 valence electrons. The number of nitrogens with zero attached hydrogens (tertiary/aromatic N) is 1. The Morgan fingerprint density at radius 3 is 2.67 bits per heavy atom. The molecule has 18 heavy (non-hydrogen) atoms. The summed E-state index contributed by atoms with van der Waals surface area (Å²) < 4.78 is 9.39. The molecule has 0 aliphatic carbocycles. The lowest BCUT2D eigenvalue weighted by molar-refractivity contribution is -0.142. The zero-order valence-electron chi connectivity index (χ0n) is 10.5. The molecule has 0 aliphatic rings. The summed E-state index contributed by atoms with van der Waals surface area (Å²) in [5, 5.41) is 9.87. The number of aromatic hydroxyl groups is 1. The minimum absolute atomic E-state index is 0.0338. The van der Waals surface area contributed by atoms with Crippen LogP contribution in [0, 0.1) is 6.92 Å².